The van der Waals surface area contributed by atoms with Crippen molar-refractivity contribution in [3.63, 3.8) is 0 Å². The zero-order chi connectivity index (χ0) is 14.1. The maximum absolute atomic E-state index is 12.6. The molecule has 0 amide bonds. The van der Waals surface area contributed by atoms with Gasteiger partial charge in [-0.15, -0.1) is 0 Å². The van der Waals surface area contributed by atoms with Crippen molar-refractivity contribution >= 4 is 15.7 Å². The van der Waals surface area contributed by atoms with E-state index in [0.717, 1.165) is 0 Å². The molecule has 0 atom stereocenters. The molecular formula is C13H22N2O2S. The fourth-order valence-electron chi connectivity index (χ4n) is 2.32. The number of rotatable bonds is 4. The number of nitrogens with zero attached hydrogens (tertiary/aromatic N) is 1. The summed E-state index contributed by atoms with van der Waals surface area (Å²) in [5.41, 5.74) is 7.73. The maximum atomic E-state index is 12.6. The van der Waals surface area contributed by atoms with Gasteiger partial charge in [0.2, 0.25) is 10.0 Å². The second-order valence-corrected chi connectivity index (χ2v) is 6.61. The molecule has 0 spiro atoms. The smallest absolute Gasteiger partial charge is 0.243 e. The quantitative estimate of drug-likeness (QED) is 0.854. The van der Waals surface area contributed by atoms with Crippen LogP contribution in [0.4, 0.5) is 5.69 Å². The van der Waals surface area contributed by atoms with Crippen molar-refractivity contribution in [2.45, 2.75) is 45.6 Å². The van der Waals surface area contributed by atoms with E-state index in [2.05, 4.69) is 0 Å². The van der Waals surface area contributed by atoms with E-state index < -0.39 is 10.0 Å². The topological polar surface area (TPSA) is 63.4 Å². The SMILES string of the molecule is CCN(C(C)C)S(=O)(=O)c1c(C)cc(N)cc1C. The van der Waals surface area contributed by atoms with Crippen LogP contribution >= 0.6 is 0 Å². The molecule has 0 bridgehead atoms. The van der Waals surface area contributed by atoms with Crippen LogP contribution in [-0.2, 0) is 10.0 Å². The van der Waals surface area contributed by atoms with Gasteiger partial charge in [-0.3, -0.25) is 0 Å². The first-order valence-electron chi connectivity index (χ1n) is 6.10. The zero-order valence-corrected chi connectivity index (χ0v) is 12.5. The molecule has 0 aromatic heterocycles. The maximum Gasteiger partial charge on any atom is 0.243 e. The van der Waals surface area contributed by atoms with Crippen LogP contribution in [0.25, 0.3) is 0 Å². The molecule has 0 heterocycles. The number of benzene rings is 1. The van der Waals surface area contributed by atoms with Crippen LogP contribution in [0.3, 0.4) is 0 Å². The largest absolute Gasteiger partial charge is 0.399 e. The Kier molecular flexibility index (Phi) is 4.40. The molecule has 0 fully saturated rings. The summed E-state index contributed by atoms with van der Waals surface area (Å²) < 4.78 is 26.8. The monoisotopic (exact) mass is 270 g/mol. The third-order valence-corrected chi connectivity index (χ3v) is 5.39. The van der Waals surface area contributed by atoms with Crippen LogP contribution in [0.15, 0.2) is 17.0 Å². The first kappa shape index (κ1) is 15.0. The molecular weight excluding hydrogens is 248 g/mol. The molecule has 0 unspecified atom stereocenters. The molecule has 1 aromatic rings. The van der Waals surface area contributed by atoms with Crippen molar-refractivity contribution in [3.05, 3.63) is 23.3 Å². The average Bonchev–Trinajstić information content (AvgIpc) is 2.14. The summed E-state index contributed by atoms with van der Waals surface area (Å²) in [6.07, 6.45) is 0. The second-order valence-electron chi connectivity index (χ2n) is 4.79. The Morgan fingerprint density at radius 2 is 1.67 bits per heavy atom. The van der Waals surface area contributed by atoms with Gasteiger partial charge in [0.25, 0.3) is 0 Å². The second kappa shape index (κ2) is 5.28. The summed E-state index contributed by atoms with van der Waals surface area (Å²) in [5.74, 6) is 0. The molecule has 5 heteroatoms. The summed E-state index contributed by atoms with van der Waals surface area (Å²) in [6.45, 7) is 9.63. The van der Waals surface area contributed by atoms with Gasteiger partial charge in [-0.25, -0.2) is 8.42 Å². The van der Waals surface area contributed by atoms with Crippen molar-refractivity contribution in [2.24, 2.45) is 0 Å². The molecule has 1 rings (SSSR count). The van der Waals surface area contributed by atoms with Gasteiger partial charge in [-0.2, -0.15) is 4.31 Å². The number of aryl methyl sites for hydroxylation is 2. The van der Waals surface area contributed by atoms with Crippen LogP contribution in [0.2, 0.25) is 0 Å². The van der Waals surface area contributed by atoms with Crippen LogP contribution < -0.4 is 5.73 Å². The van der Waals surface area contributed by atoms with E-state index in [9.17, 15) is 8.42 Å². The summed E-state index contributed by atoms with van der Waals surface area (Å²) >= 11 is 0. The minimum absolute atomic E-state index is 0.0589. The van der Waals surface area contributed by atoms with Crippen LogP contribution in [0, 0.1) is 13.8 Å². The number of nitrogens with two attached hydrogens (primary N) is 1. The third-order valence-electron chi connectivity index (χ3n) is 2.94. The van der Waals surface area contributed by atoms with Crippen molar-refractivity contribution < 1.29 is 8.42 Å². The zero-order valence-electron chi connectivity index (χ0n) is 11.7. The molecule has 0 aliphatic rings. The fraction of sp³-hybridized carbons (Fsp3) is 0.538. The van der Waals surface area contributed by atoms with Gasteiger partial charge in [0, 0.05) is 18.3 Å². The lowest BCUT2D eigenvalue weighted by molar-refractivity contribution is 0.368. The Morgan fingerprint density at radius 3 is 2.00 bits per heavy atom. The highest BCUT2D eigenvalue weighted by molar-refractivity contribution is 7.89. The minimum atomic E-state index is -3.45. The molecule has 4 nitrogen and oxygen atoms in total. The van der Waals surface area contributed by atoms with Gasteiger partial charge in [0.1, 0.15) is 0 Å². The van der Waals surface area contributed by atoms with Crippen molar-refractivity contribution in [1.82, 2.24) is 4.31 Å². The Bertz CT molecular complexity index is 513. The molecule has 2 N–H and O–H groups in total. The highest BCUT2D eigenvalue weighted by Crippen LogP contribution is 2.27. The van der Waals surface area contributed by atoms with E-state index in [0.29, 0.717) is 28.3 Å². The highest BCUT2D eigenvalue weighted by atomic mass is 32.2. The van der Waals surface area contributed by atoms with Gasteiger partial charge in [-0.05, 0) is 51.0 Å². The number of anilines is 1. The summed E-state index contributed by atoms with van der Waals surface area (Å²) in [6, 6.07) is 3.35. The molecule has 0 saturated carbocycles. The number of hydrogen-bond acceptors (Lipinski definition) is 3. The molecule has 0 radical (unpaired) electrons. The molecule has 102 valence electrons. The first-order valence-corrected chi connectivity index (χ1v) is 7.54. The standard InChI is InChI=1S/C13H22N2O2S/c1-6-15(9(2)3)18(16,17)13-10(4)7-12(14)8-11(13)5/h7-9H,6,14H2,1-5H3. The molecule has 0 aliphatic carbocycles. The number of sulfonamides is 1. The predicted octanol–water partition coefficient (Wildman–Crippen LogP) is 2.30. The Hall–Kier alpha value is -1.07. The van der Waals surface area contributed by atoms with E-state index in [1.807, 2.05) is 20.8 Å². The van der Waals surface area contributed by atoms with Gasteiger partial charge < -0.3 is 5.73 Å². The van der Waals surface area contributed by atoms with Crippen molar-refractivity contribution in [2.75, 3.05) is 12.3 Å². The average molecular weight is 270 g/mol. The lowest BCUT2D eigenvalue weighted by atomic mass is 10.1. The minimum Gasteiger partial charge on any atom is -0.399 e. The Morgan fingerprint density at radius 1 is 1.22 bits per heavy atom. The Balaban J connectivity index is 3.46. The molecule has 0 saturated heterocycles. The van der Waals surface area contributed by atoms with E-state index in [-0.39, 0.29) is 6.04 Å². The van der Waals surface area contributed by atoms with Gasteiger partial charge in [0.05, 0.1) is 4.90 Å². The van der Waals surface area contributed by atoms with Crippen LogP contribution in [0.5, 0.6) is 0 Å². The summed E-state index contributed by atoms with van der Waals surface area (Å²) in [5, 5.41) is 0. The fourth-order valence-corrected chi connectivity index (χ4v) is 4.38. The molecule has 0 aliphatic heterocycles. The van der Waals surface area contributed by atoms with E-state index >= 15 is 0 Å². The lowest BCUT2D eigenvalue weighted by Crippen LogP contribution is -2.37. The van der Waals surface area contributed by atoms with Gasteiger partial charge in [0.15, 0.2) is 0 Å². The molecule has 18 heavy (non-hydrogen) atoms. The van der Waals surface area contributed by atoms with Crippen LogP contribution in [0.1, 0.15) is 31.9 Å². The van der Waals surface area contributed by atoms with Gasteiger partial charge in [-0.1, -0.05) is 6.92 Å². The number of hydrogen-bond donors (Lipinski definition) is 1. The summed E-state index contributed by atoms with van der Waals surface area (Å²) in [7, 11) is -3.45. The summed E-state index contributed by atoms with van der Waals surface area (Å²) in [4.78, 5) is 0.382. The van der Waals surface area contributed by atoms with Crippen LogP contribution in [-0.4, -0.2) is 25.3 Å². The predicted molar refractivity (Wildman–Crippen MR) is 75.0 cm³/mol. The van der Waals surface area contributed by atoms with Gasteiger partial charge >= 0.3 is 0 Å². The lowest BCUT2D eigenvalue weighted by Gasteiger charge is -2.26. The van der Waals surface area contributed by atoms with E-state index in [4.69, 9.17) is 5.73 Å². The van der Waals surface area contributed by atoms with E-state index in [1.54, 1.807) is 26.0 Å². The van der Waals surface area contributed by atoms with Crippen molar-refractivity contribution in [3.8, 4) is 0 Å². The Labute approximate surface area is 110 Å². The highest BCUT2D eigenvalue weighted by Gasteiger charge is 2.28. The number of nitrogen functional groups attached to an aromatic ring is 1. The van der Waals surface area contributed by atoms with Crippen molar-refractivity contribution in [1.29, 1.82) is 0 Å². The van der Waals surface area contributed by atoms with E-state index in [1.165, 1.54) is 4.31 Å². The third kappa shape index (κ3) is 2.67. The normalized spacial score (nSPS) is 12.4. The molecule has 1 aromatic carbocycles. The first-order chi connectivity index (χ1) is 8.21.